The van der Waals surface area contributed by atoms with E-state index < -0.39 is 5.54 Å². The second-order valence-electron chi connectivity index (χ2n) is 8.87. The van der Waals surface area contributed by atoms with E-state index in [1.54, 1.807) is 24.4 Å². The summed E-state index contributed by atoms with van der Waals surface area (Å²) in [6.07, 6.45) is 2.70. The van der Waals surface area contributed by atoms with Gasteiger partial charge in [-0.25, -0.2) is 4.79 Å². The fraction of sp³-hybridized carbons (Fsp3) is 0.565. The first-order valence-corrected chi connectivity index (χ1v) is 10.9. The summed E-state index contributed by atoms with van der Waals surface area (Å²) in [4.78, 5) is 36.4. The molecule has 32 heavy (non-hydrogen) atoms. The summed E-state index contributed by atoms with van der Waals surface area (Å²) in [6, 6.07) is 5.37. The molecule has 3 amide bonds. The van der Waals surface area contributed by atoms with Crippen LogP contribution in [0.15, 0.2) is 24.4 Å². The lowest BCUT2D eigenvalue weighted by atomic mass is 10.0. The van der Waals surface area contributed by atoms with Crippen LogP contribution in [0.25, 0.3) is 0 Å². The largest absolute Gasteiger partial charge is 0.321 e. The smallest absolute Gasteiger partial charge is 0.319 e. The highest BCUT2D eigenvalue weighted by Gasteiger charge is 2.46. The average molecular weight is 442 g/mol. The first kappa shape index (κ1) is 23.7. The second-order valence-corrected chi connectivity index (χ2v) is 8.87. The van der Waals surface area contributed by atoms with E-state index in [4.69, 9.17) is 0 Å². The number of amides is 3. The van der Waals surface area contributed by atoms with Crippen molar-refractivity contribution in [2.45, 2.75) is 59.7 Å². The van der Waals surface area contributed by atoms with Gasteiger partial charge in [0.15, 0.2) is 5.82 Å². The lowest BCUT2D eigenvalue weighted by Crippen LogP contribution is -2.58. The van der Waals surface area contributed by atoms with Crippen LogP contribution in [-0.4, -0.2) is 74.0 Å². The normalized spacial score (nSPS) is 19.9. The van der Waals surface area contributed by atoms with Crippen molar-refractivity contribution < 1.29 is 9.59 Å². The third-order valence-electron chi connectivity index (χ3n) is 6.33. The predicted molar refractivity (Wildman–Crippen MR) is 124 cm³/mol. The van der Waals surface area contributed by atoms with Crippen LogP contribution in [-0.2, 0) is 12.1 Å². The highest BCUT2D eigenvalue weighted by Crippen LogP contribution is 2.41. The monoisotopic (exact) mass is 441 g/mol. The summed E-state index contributed by atoms with van der Waals surface area (Å²) < 4.78 is 0. The number of nitrogens with zero attached hydrogens (tertiary/aromatic N) is 5. The van der Waals surface area contributed by atoms with E-state index in [0.29, 0.717) is 18.1 Å². The first-order chi connectivity index (χ1) is 14.8. The van der Waals surface area contributed by atoms with Crippen LogP contribution >= 0.6 is 0 Å². The first-order valence-electron chi connectivity index (χ1n) is 10.9. The Morgan fingerprint density at radius 1 is 1.28 bits per heavy atom. The molecule has 174 valence electrons. The van der Waals surface area contributed by atoms with Gasteiger partial charge in [0.2, 0.25) is 0 Å². The number of carbonyl (C=O) groups is 2. The Hall–Kier alpha value is -2.94. The fourth-order valence-corrected chi connectivity index (χ4v) is 4.59. The van der Waals surface area contributed by atoms with Crippen molar-refractivity contribution in [3.05, 3.63) is 41.3 Å². The quantitative estimate of drug-likeness (QED) is 0.759. The Morgan fingerprint density at radius 3 is 2.72 bits per heavy atom. The zero-order valence-corrected chi connectivity index (χ0v) is 18.7. The molecule has 2 N–H and O–H groups in total. The standard InChI is InChI=1S/C22H31N7O2.CH4/c1-5-10-27-11-12-28(15(2)13-27)21(31)29-14-16-18(22(29,3)4)25-26-19(16)24-20(30)17-8-6-7-9-23-17;/h6-9,15H,5,10-14H2,1-4H3,(H2,24,25,26,30);1H4/t15-;/m0./s1. The molecule has 2 aromatic rings. The molecule has 0 bridgehead atoms. The molecule has 0 radical (unpaired) electrons. The summed E-state index contributed by atoms with van der Waals surface area (Å²) in [6.45, 7) is 12.3. The van der Waals surface area contributed by atoms with Gasteiger partial charge in [-0.1, -0.05) is 20.4 Å². The maximum atomic E-state index is 13.5. The number of rotatable bonds is 4. The molecule has 9 nitrogen and oxygen atoms in total. The van der Waals surface area contributed by atoms with E-state index in [9.17, 15) is 9.59 Å². The molecular formula is C23H35N7O2. The third kappa shape index (κ3) is 4.21. The lowest BCUT2D eigenvalue weighted by molar-refractivity contribution is 0.0591. The van der Waals surface area contributed by atoms with Gasteiger partial charge in [0.25, 0.3) is 5.91 Å². The van der Waals surface area contributed by atoms with Crippen molar-refractivity contribution in [1.29, 1.82) is 0 Å². The molecule has 0 unspecified atom stereocenters. The number of nitrogens with one attached hydrogen (secondary N) is 2. The van der Waals surface area contributed by atoms with Gasteiger partial charge in [0.1, 0.15) is 5.69 Å². The van der Waals surface area contributed by atoms with Crippen molar-refractivity contribution in [3.63, 3.8) is 0 Å². The molecular weight excluding hydrogens is 406 g/mol. The summed E-state index contributed by atoms with van der Waals surface area (Å²) in [5, 5.41) is 10.2. The number of H-pyrrole nitrogens is 1. The molecule has 0 saturated carbocycles. The molecule has 4 heterocycles. The number of piperazine rings is 1. The zero-order valence-electron chi connectivity index (χ0n) is 18.7. The van der Waals surface area contributed by atoms with E-state index in [0.717, 1.165) is 43.9 Å². The summed E-state index contributed by atoms with van der Waals surface area (Å²) >= 11 is 0. The van der Waals surface area contributed by atoms with Crippen LogP contribution in [0, 0.1) is 0 Å². The van der Waals surface area contributed by atoms with Gasteiger partial charge in [-0.15, -0.1) is 0 Å². The number of aromatic amines is 1. The average Bonchev–Trinajstić information content (AvgIpc) is 3.26. The van der Waals surface area contributed by atoms with Gasteiger partial charge >= 0.3 is 6.03 Å². The van der Waals surface area contributed by atoms with Crippen LogP contribution in [0.4, 0.5) is 10.6 Å². The van der Waals surface area contributed by atoms with Gasteiger partial charge in [-0.3, -0.25) is 19.8 Å². The van der Waals surface area contributed by atoms with Gasteiger partial charge in [-0.05, 0) is 45.9 Å². The van der Waals surface area contributed by atoms with E-state index >= 15 is 0 Å². The molecule has 2 aliphatic rings. The molecule has 2 aromatic heterocycles. The van der Waals surface area contributed by atoms with Gasteiger partial charge < -0.3 is 15.1 Å². The minimum absolute atomic E-state index is 0. The highest BCUT2D eigenvalue weighted by atomic mass is 16.2. The highest BCUT2D eigenvalue weighted by molar-refractivity contribution is 6.02. The summed E-state index contributed by atoms with van der Waals surface area (Å²) in [7, 11) is 0. The maximum absolute atomic E-state index is 13.5. The zero-order chi connectivity index (χ0) is 22.2. The number of anilines is 1. The van der Waals surface area contributed by atoms with Crippen LogP contribution in [0.2, 0.25) is 0 Å². The summed E-state index contributed by atoms with van der Waals surface area (Å²) in [5.41, 5.74) is 1.48. The number of carbonyl (C=O) groups excluding carboxylic acids is 2. The molecule has 1 fully saturated rings. The molecule has 4 rings (SSSR count). The van der Waals surface area contributed by atoms with Crippen LogP contribution in [0.3, 0.4) is 0 Å². The Morgan fingerprint density at radius 2 is 2.06 bits per heavy atom. The predicted octanol–water partition coefficient (Wildman–Crippen LogP) is 3.28. The van der Waals surface area contributed by atoms with Crippen molar-refractivity contribution in [3.8, 4) is 0 Å². The van der Waals surface area contributed by atoms with Crippen molar-refractivity contribution in [1.82, 2.24) is 29.9 Å². The number of pyridine rings is 1. The molecule has 1 saturated heterocycles. The minimum atomic E-state index is -0.548. The molecule has 0 aromatic carbocycles. The van der Waals surface area contributed by atoms with Crippen molar-refractivity contribution >= 4 is 17.8 Å². The summed E-state index contributed by atoms with van der Waals surface area (Å²) in [5.74, 6) is 0.132. The Balaban J connectivity index is 0.00000289. The molecule has 0 aliphatic carbocycles. The number of aromatic nitrogens is 3. The third-order valence-corrected chi connectivity index (χ3v) is 6.33. The van der Waals surface area contributed by atoms with Crippen LogP contribution < -0.4 is 5.32 Å². The SMILES string of the molecule is C.CCCN1CCN(C(=O)N2Cc3c(NC(=O)c4ccccn4)n[nH]c3C2(C)C)[C@@H](C)C1. The van der Waals surface area contributed by atoms with E-state index in [1.807, 2.05) is 23.6 Å². The Bertz CT molecular complexity index is 957. The molecule has 0 spiro atoms. The van der Waals surface area contributed by atoms with Gasteiger partial charge in [0.05, 0.1) is 17.8 Å². The van der Waals surface area contributed by atoms with Crippen molar-refractivity contribution in [2.75, 3.05) is 31.5 Å². The van der Waals surface area contributed by atoms with E-state index in [1.165, 1.54) is 0 Å². The van der Waals surface area contributed by atoms with E-state index in [-0.39, 0.29) is 25.4 Å². The molecule has 9 heteroatoms. The molecule has 2 aliphatic heterocycles. The lowest BCUT2D eigenvalue weighted by Gasteiger charge is -2.43. The Labute approximate surface area is 190 Å². The van der Waals surface area contributed by atoms with Crippen LogP contribution in [0.1, 0.15) is 63.3 Å². The molecule has 1 atom stereocenters. The minimum Gasteiger partial charge on any atom is -0.319 e. The number of urea groups is 1. The van der Waals surface area contributed by atoms with Crippen LogP contribution in [0.5, 0.6) is 0 Å². The second kappa shape index (κ2) is 9.28. The topological polar surface area (TPSA) is 97.5 Å². The van der Waals surface area contributed by atoms with Crippen molar-refractivity contribution in [2.24, 2.45) is 0 Å². The van der Waals surface area contributed by atoms with Gasteiger partial charge in [-0.2, -0.15) is 5.10 Å². The number of hydrogen-bond acceptors (Lipinski definition) is 5. The van der Waals surface area contributed by atoms with Gasteiger partial charge in [0, 0.05) is 37.4 Å². The van der Waals surface area contributed by atoms with E-state index in [2.05, 4.69) is 39.2 Å². The Kier molecular flexibility index (Phi) is 6.88. The maximum Gasteiger partial charge on any atom is 0.321 e. The number of fused-ring (bicyclic) bond motifs is 1. The fourth-order valence-electron chi connectivity index (χ4n) is 4.59. The number of hydrogen-bond donors (Lipinski definition) is 2.